The Morgan fingerprint density at radius 1 is 1.17 bits per heavy atom. The van der Waals surface area contributed by atoms with Gasteiger partial charge in [-0.1, -0.05) is 30.2 Å². The van der Waals surface area contributed by atoms with Crippen molar-refractivity contribution >= 4 is 11.6 Å². The zero-order valence-electron chi connectivity index (χ0n) is 8.36. The van der Waals surface area contributed by atoms with E-state index in [1.165, 1.54) is 11.1 Å². The van der Waals surface area contributed by atoms with Gasteiger partial charge in [-0.25, -0.2) is 0 Å². The van der Waals surface area contributed by atoms with E-state index in [0.29, 0.717) is 5.88 Å². The van der Waals surface area contributed by atoms with Crippen molar-refractivity contribution in [2.45, 2.75) is 40.0 Å². The molecule has 0 aromatic rings. The summed E-state index contributed by atoms with van der Waals surface area (Å²) in [7, 11) is 0. The first-order chi connectivity index (χ1) is 5.70. The number of alkyl halides is 1. The van der Waals surface area contributed by atoms with Gasteiger partial charge in [-0.3, -0.25) is 0 Å². The molecule has 0 N–H and O–H groups in total. The maximum Gasteiger partial charge on any atom is 0.0406 e. The summed E-state index contributed by atoms with van der Waals surface area (Å²) in [5.74, 6) is 0.641. The molecule has 0 nitrogen and oxygen atoms in total. The second-order valence-corrected chi connectivity index (χ2v) is 3.46. The quantitative estimate of drug-likeness (QED) is 0.444. The number of hydrogen-bond acceptors (Lipinski definition) is 0. The Hall–Kier alpha value is -0.230. The van der Waals surface area contributed by atoms with E-state index in [2.05, 4.69) is 32.9 Å². The van der Waals surface area contributed by atoms with Crippen molar-refractivity contribution in [1.82, 2.24) is 0 Å². The lowest BCUT2D eigenvalue weighted by Crippen LogP contribution is -1.78. The SMILES string of the molecule is CC/C(C)=C/CC/C(C)=C/CCl. The first-order valence-electron chi connectivity index (χ1n) is 4.58. The Labute approximate surface area is 81.3 Å². The fourth-order valence-corrected chi connectivity index (χ4v) is 1.19. The highest BCUT2D eigenvalue weighted by molar-refractivity contribution is 6.18. The molecule has 0 unspecified atom stereocenters. The fourth-order valence-electron chi connectivity index (χ4n) is 0.924. The van der Waals surface area contributed by atoms with Gasteiger partial charge in [-0.05, 0) is 33.1 Å². The number of hydrogen-bond donors (Lipinski definition) is 0. The Bertz CT molecular complexity index is 166. The molecule has 70 valence electrons. The highest BCUT2D eigenvalue weighted by Crippen LogP contribution is 2.08. The van der Waals surface area contributed by atoms with E-state index < -0.39 is 0 Å². The minimum absolute atomic E-state index is 0.641. The van der Waals surface area contributed by atoms with Crippen molar-refractivity contribution in [1.29, 1.82) is 0 Å². The monoisotopic (exact) mass is 186 g/mol. The van der Waals surface area contributed by atoms with Crippen molar-refractivity contribution in [2.24, 2.45) is 0 Å². The van der Waals surface area contributed by atoms with Gasteiger partial charge < -0.3 is 0 Å². The van der Waals surface area contributed by atoms with Crippen LogP contribution in [0, 0.1) is 0 Å². The summed E-state index contributed by atoms with van der Waals surface area (Å²) in [6.45, 7) is 6.51. The molecule has 0 radical (unpaired) electrons. The zero-order valence-corrected chi connectivity index (χ0v) is 9.12. The summed E-state index contributed by atoms with van der Waals surface area (Å²) < 4.78 is 0. The van der Waals surface area contributed by atoms with Crippen LogP contribution in [-0.2, 0) is 0 Å². The van der Waals surface area contributed by atoms with E-state index >= 15 is 0 Å². The van der Waals surface area contributed by atoms with Gasteiger partial charge in [0.2, 0.25) is 0 Å². The first-order valence-corrected chi connectivity index (χ1v) is 5.11. The van der Waals surface area contributed by atoms with Crippen LogP contribution in [0.2, 0.25) is 0 Å². The van der Waals surface area contributed by atoms with E-state index in [1.807, 2.05) is 0 Å². The lowest BCUT2D eigenvalue weighted by molar-refractivity contribution is 0.948. The van der Waals surface area contributed by atoms with E-state index in [4.69, 9.17) is 11.6 Å². The van der Waals surface area contributed by atoms with Crippen LogP contribution in [0.25, 0.3) is 0 Å². The molecule has 0 aliphatic rings. The second kappa shape index (κ2) is 7.42. The molecule has 0 aromatic heterocycles. The predicted octanol–water partition coefficient (Wildman–Crippen LogP) is 4.31. The van der Waals surface area contributed by atoms with Gasteiger partial charge in [-0.15, -0.1) is 11.6 Å². The van der Waals surface area contributed by atoms with Crippen LogP contribution in [0.5, 0.6) is 0 Å². The molecule has 0 fully saturated rings. The molecule has 12 heavy (non-hydrogen) atoms. The van der Waals surface area contributed by atoms with Crippen LogP contribution >= 0.6 is 11.6 Å². The molecule has 0 aliphatic carbocycles. The van der Waals surface area contributed by atoms with Crippen molar-refractivity contribution in [3.8, 4) is 0 Å². The van der Waals surface area contributed by atoms with Gasteiger partial charge in [0.05, 0.1) is 0 Å². The minimum atomic E-state index is 0.641. The van der Waals surface area contributed by atoms with Crippen molar-refractivity contribution < 1.29 is 0 Å². The van der Waals surface area contributed by atoms with Gasteiger partial charge in [0.25, 0.3) is 0 Å². The van der Waals surface area contributed by atoms with Gasteiger partial charge in [-0.2, -0.15) is 0 Å². The normalized spacial score (nSPS) is 13.7. The van der Waals surface area contributed by atoms with Crippen molar-refractivity contribution in [3.63, 3.8) is 0 Å². The summed E-state index contributed by atoms with van der Waals surface area (Å²) in [5, 5.41) is 0. The van der Waals surface area contributed by atoms with E-state index in [-0.39, 0.29) is 0 Å². The molecule has 0 spiro atoms. The molecule has 0 heterocycles. The van der Waals surface area contributed by atoms with Crippen molar-refractivity contribution in [3.05, 3.63) is 23.3 Å². The van der Waals surface area contributed by atoms with Crippen LogP contribution in [0.3, 0.4) is 0 Å². The lowest BCUT2D eigenvalue weighted by Gasteiger charge is -1.98. The third kappa shape index (κ3) is 6.48. The maximum atomic E-state index is 5.57. The molecule has 0 saturated carbocycles. The fraction of sp³-hybridized carbons (Fsp3) is 0.636. The summed E-state index contributed by atoms with van der Waals surface area (Å²) >= 11 is 5.57. The molecule has 0 aliphatic heterocycles. The molecule has 0 atom stereocenters. The van der Waals surface area contributed by atoms with Crippen LogP contribution in [0.4, 0.5) is 0 Å². The summed E-state index contributed by atoms with van der Waals surface area (Å²) in [5.41, 5.74) is 2.87. The Kier molecular flexibility index (Phi) is 7.28. The van der Waals surface area contributed by atoms with Crippen LogP contribution < -0.4 is 0 Å². The predicted molar refractivity (Wildman–Crippen MR) is 57.8 cm³/mol. The Balaban J connectivity index is 3.62. The second-order valence-electron chi connectivity index (χ2n) is 3.15. The smallest absolute Gasteiger partial charge is 0.0406 e. The molecule has 0 aromatic carbocycles. The summed E-state index contributed by atoms with van der Waals surface area (Å²) in [6.07, 6.45) is 7.85. The topological polar surface area (TPSA) is 0 Å². The summed E-state index contributed by atoms with van der Waals surface area (Å²) in [6, 6.07) is 0. The van der Waals surface area contributed by atoms with E-state index in [0.717, 1.165) is 19.3 Å². The highest BCUT2D eigenvalue weighted by atomic mass is 35.5. The third-order valence-electron chi connectivity index (χ3n) is 2.01. The van der Waals surface area contributed by atoms with Crippen LogP contribution in [-0.4, -0.2) is 5.88 Å². The largest absolute Gasteiger partial charge is 0.122 e. The standard InChI is InChI=1S/C11H19Cl/c1-4-10(2)6-5-7-11(3)8-9-12/h6,8H,4-5,7,9H2,1-3H3/b10-6+,11-8+. The Morgan fingerprint density at radius 2 is 1.83 bits per heavy atom. The summed E-state index contributed by atoms with van der Waals surface area (Å²) in [4.78, 5) is 0. The minimum Gasteiger partial charge on any atom is -0.122 e. The van der Waals surface area contributed by atoms with E-state index in [1.54, 1.807) is 0 Å². The zero-order chi connectivity index (χ0) is 9.40. The van der Waals surface area contributed by atoms with Gasteiger partial charge in [0, 0.05) is 5.88 Å². The highest BCUT2D eigenvalue weighted by Gasteiger charge is 1.88. The van der Waals surface area contributed by atoms with Gasteiger partial charge >= 0.3 is 0 Å². The molecule has 0 saturated heterocycles. The first kappa shape index (κ1) is 11.8. The average Bonchev–Trinajstić information content (AvgIpc) is 2.04. The molecule has 1 heteroatoms. The lowest BCUT2D eigenvalue weighted by atomic mass is 10.1. The van der Waals surface area contributed by atoms with Gasteiger partial charge in [0.15, 0.2) is 0 Å². The molecule has 0 rings (SSSR count). The van der Waals surface area contributed by atoms with Gasteiger partial charge in [0.1, 0.15) is 0 Å². The molecular weight excluding hydrogens is 168 g/mol. The molecular formula is C11H19Cl. The van der Waals surface area contributed by atoms with Crippen LogP contribution in [0.15, 0.2) is 23.3 Å². The van der Waals surface area contributed by atoms with E-state index in [9.17, 15) is 0 Å². The van der Waals surface area contributed by atoms with Crippen LogP contribution in [0.1, 0.15) is 40.0 Å². The number of rotatable bonds is 5. The molecule has 0 amide bonds. The third-order valence-corrected chi connectivity index (χ3v) is 2.17. The number of allylic oxidation sites excluding steroid dienone is 4. The average molecular weight is 187 g/mol. The number of halogens is 1. The molecule has 0 bridgehead atoms. The van der Waals surface area contributed by atoms with Crippen molar-refractivity contribution in [2.75, 3.05) is 5.88 Å². The maximum absolute atomic E-state index is 5.57. The Morgan fingerprint density at radius 3 is 2.33 bits per heavy atom.